The molecule has 3 rings (SSSR count). The van der Waals surface area contributed by atoms with E-state index in [9.17, 15) is 0 Å². The molecular formula is C19H23N. The third-order valence-electron chi connectivity index (χ3n) is 4.42. The minimum Gasteiger partial charge on any atom is -0.378 e. The average Bonchev–Trinajstić information content (AvgIpc) is 2.48. The Balaban J connectivity index is 1.86. The van der Waals surface area contributed by atoms with Crippen molar-refractivity contribution < 1.29 is 0 Å². The van der Waals surface area contributed by atoms with Crippen LogP contribution in [0.4, 0.5) is 5.69 Å². The van der Waals surface area contributed by atoms with Crippen molar-refractivity contribution in [2.24, 2.45) is 0 Å². The first-order chi connectivity index (χ1) is 9.75. The van der Waals surface area contributed by atoms with E-state index in [1.165, 1.54) is 42.5 Å². The Morgan fingerprint density at radius 2 is 1.75 bits per heavy atom. The molecule has 0 heterocycles. The summed E-state index contributed by atoms with van der Waals surface area (Å²) >= 11 is 0. The van der Waals surface area contributed by atoms with Gasteiger partial charge in [0.05, 0.1) is 0 Å². The minimum absolute atomic E-state index is 0.352. The number of anilines is 1. The van der Waals surface area contributed by atoms with Gasteiger partial charge in [0.2, 0.25) is 0 Å². The predicted octanol–water partition coefficient (Wildman–Crippen LogP) is 5.05. The number of hydrogen-bond donors (Lipinski definition) is 1. The van der Waals surface area contributed by atoms with Crippen LogP contribution in [0.3, 0.4) is 0 Å². The number of nitrogens with one attached hydrogen (secondary N) is 1. The van der Waals surface area contributed by atoms with Crippen molar-refractivity contribution in [2.45, 2.75) is 45.6 Å². The molecule has 2 aromatic carbocycles. The van der Waals surface area contributed by atoms with Crippen LogP contribution in [0.1, 0.15) is 48.1 Å². The normalized spacial score (nSPS) is 15.5. The van der Waals surface area contributed by atoms with Gasteiger partial charge >= 0.3 is 0 Å². The molecule has 1 atom stereocenters. The van der Waals surface area contributed by atoms with Gasteiger partial charge in [0.25, 0.3) is 0 Å². The molecule has 1 N–H and O–H groups in total. The predicted molar refractivity (Wildman–Crippen MR) is 86.3 cm³/mol. The molecule has 1 heteroatoms. The maximum absolute atomic E-state index is 3.73. The van der Waals surface area contributed by atoms with Gasteiger partial charge in [0.15, 0.2) is 0 Å². The van der Waals surface area contributed by atoms with Crippen molar-refractivity contribution in [1.82, 2.24) is 0 Å². The summed E-state index contributed by atoms with van der Waals surface area (Å²) in [5.74, 6) is 0. The Hall–Kier alpha value is -1.76. The Kier molecular flexibility index (Phi) is 3.77. The number of aryl methyl sites for hydroxylation is 2. The lowest BCUT2D eigenvalue weighted by Crippen LogP contribution is -2.12. The molecular weight excluding hydrogens is 242 g/mol. The van der Waals surface area contributed by atoms with Gasteiger partial charge in [-0.05, 0) is 67.9 Å². The highest BCUT2D eigenvalue weighted by atomic mass is 14.9. The van der Waals surface area contributed by atoms with E-state index in [2.05, 4.69) is 61.6 Å². The Morgan fingerprint density at radius 1 is 0.950 bits per heavy atom. The first kappa shape index (κ1) is 13.2. The van der Waals surface area contributed by atoms with Crippen molar-refractivity contribution in [2.75, 3.05) is 5.32 Å². The van der Waals surface area contributed by atoms with Crippen LogP contribution in [-0.4, -0.2) is 0 Å². The van der Waals surface area contributed by atoms with E-state index in [1.807, 2.05) is 0 Å². The third-order valence-corrected chi connectivity index (χ3v) is 4.42. The SMILES string of the molecule is Cc1ccccc1C(C)Nc1cccc2c1CCCC2. The lowest BCUT2D eigenvalue weighted by atomic mass is 9.90. The largest absolute Gasteiger partial charge is 0.378 e. The second-order valence-electron chi connectivity index (χ2n) is 5.87. The highest BCUT2D eigenvalue weighted by Crippen LogP contribution is 2.30. The Morgan fingerprint density at radius 3 is 2.60 bits per heavy atom. The smallest absolute Gasteiger partial charge is 0.0488 e. The molecule has 0 saturated carbocycles. The minimum atomic E-state index is 0.352. The van der Waals surface area contributed by atoms with E-state index in [0.717, 1.165) is 0 Å². The lowest BCUT2D eigenvalue weighted by molar-refractivity contribution is 0.685. The van der Waals surface area contributed by atoms with Gasteiger partial charge in [-0.2, -0.15) is 0 Å². The van der Waals surface area contributed by atoms with Crippen molar-refractivity contribution in [3.63, 3.8) is 0 Å². The van der Waals surface area contributed by atoms with Gasteiger partial charge in [-0.15, -0.1) is 0 Å². The zero-order valence-corrected chi connectivity index (χ0v) is 12.4. The summed E-state index contributed by atoms with van der Waals surface area (Å²) in [7, 11) is 0. The van der Waals surface area contributed by atoms with E-state index in [4.69, 9.17) is 0 Å². The first-order valence-electron chi connectivity index (χ1n) is 7.68. The van der Waals surface area contributed by atoms with Gasteiger partial charge in [-0.3, -0.25) is 0 Å². The monoisotopic (exact) mass is 265 g/mol. The molecule has 0 aromatic heterocycles. The molecule has 0 bridgehead atoms. The zero-order chi connectivity index (χ0) is 13.9. The van der Waals surface area contributed by atoms with Crippen molar-refractivity contribution in [1.29, 1.82) is 0 Å². The van der Waals surface area contributed by atoms with Gasteiger partial charge in [-0.25, -0.2) is 0 Å². The summed E-state index contributed by atoms with van der Waals surface area (Å²) in [5, 5.41) is 3.73. The van der Waals surface area contributed by atoms with Gasteiger partial charge in [0, 0.05) is 11.7 Å². The van der Waals surface area contributed by atoms with E-state index < -0.39 is 0 Å². The summed E-state index contributed by atoms with van der Waals surface area (Å²) in [4.78, 5) is 0. The molecule has 0 amide bonds. The average molecular weight is 265 g/mol. The standard InChI is InChI=1S/C19H23N/c1-14-8-3-5-11-17(14)15(2)20-19-13-7-10-16-9-4-6-12-18(16)19/h3,5,7-8,10-11,13,15,20H,4,6,9,12H2,1-2H3. The van der Waals surface area contributed by atoms with Crippen LogP contribution in [0.25, 0.3) is 0 Å². The molecule has 1 nitrogen and oxygen atoms in total. The summed E-state index contributed by atoms with van der Waals surface area (Å²) in [6.45, 7) is 4.44. The zero-order valence-electron chi connectivity index (χ0n) is 12.4. The van der Waals surface area contributed by atoms with Gasteiger partial charge < -0.3 is 5.32 Å². The van der Waals surface area contributed by atoms with Crippen LogP contribution >= 0.6 is 0 Å². The van der Waals surface area contributed by atoms with E-state index >= 15 is 0 Å². The van der Waals surface area contributed by atoms with Crippen molar-refractivity contribution in [3.05, 3.63) is 64.7 Å². The Bertz CT molecular complexity index is 600. The highest BCUT2D eigenvalue weighted by molar-refractivity contribution is 5.57. The van der Waals surface area contributed by atoms with Crippen molar-refractivity contribution >= 4 is 5.69 Å². The number of fused-ring (bicyclic) bond motifs is 1. The molecule has 2 aromatic rings. The number of benzene rings is 2. The fourth-order valence-electron chi connectivity index (χ4n) is 3.30. The van der Waals surface area contributed by atoms with Gasteiger partial charge in [-0.1, -0.05) is 36.4 Å². The third kappa shape index (κ3) is 2.58. The van der Waals surface area contributed by atoms with Crippen LogP contribution in [0.5, 0.6) is 0 Å². The molecule has 0 spiro atoms. The quantitative estimate of drug-likeness (QED) is 0.819. The molecule has 0 saturated heterocycles. The summed E-state index contributed by atoms with van der Waals surface area (Å²) in [6.07, 6.45) is 5.12. The number of hydrogen-bond acceptors (Lipinski definition) is 1. The lowest BCUT2D eigenvalue weighted by Gasteiger charge is -2.24. The maximum atomic E-state index is 3.73. The van der Waals surface area contributed by atoms with E-state index in [-0.39, 0.29) is 0 Å². The molecule has 1 aliphatic carbocycles. The van der Waals surface area contributed by atoms with Crippen LogP contribution in [0, 0.1) is 6.92 Å². The summed E-state index contributed by atoms with van der Waals surface area (Å²) < 4.78 is 0. The summed E-state index contributed by atoms with van der Waals surface area (Å²) in [5.41, 5.74) is 7.16. The maximum Gasteiger partial charge on any atom is 0.0488 e. The highest BCUT2D eigenvalue weighted by Gasteiger charge is 2.15. The second kappa shape index (κ2) is 5.70. The molecule has 20 heavy (non-hydrogen) atoms. The van der Waals surface area contributed by atoms with Crippen LogP contribution in [0.15, 0.2) is 42.5 Å². The van der Waals surface area contributed by atoms with Crippen molar-refractivity contribution in [3.8, 4) is 0 Å². The number of rotatable bonds is 3. The molecule has 1 unspecified atom stereocenters. The second-order valence-corrected chi connectivity index (χ2v) is 5.87. The van der Waals surface area contributed by atoms with Crippen LogP contribution in [0.2, 0.25) is 0 Å². The molecule has 0 fully saturated rings. The summed E-state index contributed by atoms with van der Waals surface area (Å²) in [6, 6.07) is 15.7. The van der Waals surface area contributed by atoms with E-state index in [0.29, 0.717) is 6.04 Å². The van der Waals surface area contributed by atoms with Gasteiger partial charge in [0.1, 0.15) is 0 Å². The fraction of sp³-hybridized carbons (Fsp3) is 0.368. The first-order valence-corrected chi connectivity index (χ1v) is 7.68. The molecule has 0 aliphatic heterocycles. The fourth-order valence-corrected chi connectivity index (χ4v) is 3.30. The topological polar surface area (TPSA) is 12.0 Å². The molecule has 104 valence electrons. The molecule has 0 radical (unpaired) electrons. The van der Waals surface area contributed by atoms with Crippen LogP contribution in [-0.2, 0) is 12.8 Å². The Labute approximate surface area is 122 Å². The molecule has 1 aliphatic rings. The van der Waals surface area contributed by atoms with E-state index in [1.54, 1.807) is 11.1 Å². The van der Waals surface area contributed by atoms with Crippen LogP contribution < -0.4 is 5.32 Å².